The molecule has 5 fully saturated rings. The molecule has 0 aromatic heterocycles. The smallest absolute Gasteiger partial charge is 0.171 e. The van der Waals surface area contributed by atoms with Crippen LogP contribution in [0.25, 0.3) is 0 Å². The second-order valence-corrected chi connectivity index (χ2v) is 12.7. The van der Waals surface area contributed by atoms with Crippen LogP contribution in [0.1, 0.15) is 72.6 Å². The van der Waals surface area contributed by atoms with Crippen molar-refractivity contribution in [1.82, 2.24) is 0 Å². The second-order valence-electron chi connectivity index (χ2n) is 12.7. The number of hydrogen-bond donors (Lipinski definition) is 2. The van der Waals surface area contributed by atoms with E-state index in [9.17, 15) is 15.0 Å². The molecule has 6 aliphatic rings. The van der Waals surface area contributed by atoms with Gasteiger partial charge in [-0.3, -0.25) is 4.79 Å². The third kappa shape index (κ3) is 2.63. The fourth-order valence-electron chi connectivity index (χ4n) is 9.38. The number of aliphatic hydroxyl groups is 2. The molecular formula is C27H40O5. The van der Waals surface area contributed by atoms with E-state index in [0.717, 1.165) is 32.3 Å². The van der Waals surface area contributed by atoms with Crippen molar-refractivity contribution in [1.29, 1.82) is 0 Å². The lowest BCUT2D eigenvalue weighted by Gasteiger charge is -2.58. The van der Waals surface area contributed by atoms with Crippen LogP contribution in [0.4, 0.5) is 0 Å². The zero-order valence-electron chi connectivity index (χ0n) is 20.0. The van der Waals surface area contributed by atoms with E-state index in [4.69, 9.17) is 9.47 Å². The highest BCUT2D eigenvalue weighted by molar-refractivity contribution is 5.87. The van der Waals surface area contributed by atoms with Crippen molar-refractivity contribution in [2.45, 2.75) is 96.7 Å². The number of fused-ring (bicyclic) bond motifs is 7. The first kappa shape index (κ1) is 21.8. The zero-order valence-corrected chi connectivity index (χ0v) is 20.0. The fraction of sp³-hybridized carbons (Fsp3) is 0.889. The highest BCUT2D eigenvalue weighted by atomic mass is 16.7. The molecule has 178 valence electrons. The van der Waals surface area contributed by atoms with E-state index in [0.29, 0.717) is 42.8 Å². The largest absolute Gasteiger partial charge is 0.390 e. The molecule has 2 saturated heterocycles. The van der Waals surface area contributed by atoms with Gasteiger partial charge in [0.1, 0.15) is 5.78 Å². The first-order chi connectivity index (χ1) is 15.1. The molecule has 32 heavy (non-hydrogen) atoms. The van der Waals surface area contributed by atoms with E-state index in [2.05, 4.69) is 33.8 Å². The normalized spacial score (nSPS) is 59.2. The van der Waals surface area contributed by atoms with Crippen molar-refractivity contribution in [3.8, 4) is 0 Å². The molecule has 2 N–H and O–H groups in total. The van der Waals surface area contributed by atoms with Gasteiger partial charge in [-0.05, 0) is 61.2 Å². The second kappa shape index (κ2) is 6.90. The van der Waals surface area contributed by atoms with Crippen LogP contribution < -0.4 is 0 Å². The molecule has 2 aliphatic heterocycles. The number of rotatable bonds is 0. The van der Waals surface area contributed by atoms with Crippen LogP contribution in [0, 0.1) is 46.3 Å². The fourth-order valence-corrected chi connectivity index (χ4v) is 9.38. The van der Waals surface area contributed by atoms with Crippen molar-refractivity contribution in [2.24, 2.45) is 46.3 Å². The third-order valence-corrected chi connectivity index (χ3v) is 11.3. The quantitative estimate of drug-likeness (QED) is 0.555. The summed E-state index contributed by atoms with van der Waals surface area (Å²) < 4.78 is 13.1. The van der Waals surface area contributed by atoms with Crippen LogP contribution in [0.3, 0.4) is 0 Å². The van der Waals surface area contributed by atoms with Crippen LogP contribution >= 0.6 is 0 Å². The monoisotopic (exact) mass is 444 g/mol. The van der Waals surface area contributed by atoms with E-state index >= 15 is 0 Å². The molecular weight excluding hydrogens is 404 g/mol. The number of ketones is 1. The number of allylic oxidation sites excluding steroid dienone is 1. The minimum atomic E-state index is -0.698. The van der Waals surface area contributed by atoms with Crippen LogP contribution in [-0.4, -0.2) is 46.7 Å². The van der Waals surface area contributed by atoms with Crippen LogP contribution in [-0.2, 0) is 14.3 Å². The summed E-state index contributed by atoms with van der Waals surface area (Å²) in [5, 5.41) is 20.8. The van der Waals surface area contributed by atoms with Crippen molar-refractivity contribution in [2.75, 3.05) is 6.61 Å². The Bertz CT molecular complexity index is 843. The Morgan fingerprint density at radius 3 is 2.59 bits per heavy atom. The van der Waals surface area contributed by atoms with E-state index in [1.165, 1.54) is 5.57 Å². The first-order valence-electron chi connectivity index (χ1n) is 13.0. The summed E-state index contributed by atoms with van der Waals surface area (Å²) in [5.41, 5.74) is 0.724. The van der Waals surface area contributed by atoms with Crippen molar-refractivity contribution in [3.63, 3.8) is 0 Å². The molecule has 5 heteroatoms. The minimum Gasteiger partial charge on any atom is -0.390 e. The average Bonchev–Trinajstić information content (AvgIpc) is 3.19. The summed E-state index contributed by atoms with van der Waals surface area (Å²) in [6, 6.07) is 0. The Hall–Kier alpha value is -0.750. The van der Waals surface area contributed by atoms with Gasteiger partial charge >= 0.3 is 0 Å². The molecule has 12 atom stereocenters. The van der Waals surface area contributed by atoms with E-state index in [-0.39, 0.29) is 34.7 Å². The van der Waals surface area contributed by atoms with Gasteiger partial charge < -0.3 is 19.7 Å². The Balaban J connectivity index is 1.33. The van der Waals surface area contributed by atoms with Crippen LogP contribution in [0.2, 0.25) is 0 Å². The van der Waals surface area contributed by atoms with Gasteiger partial charge in [-0.2, -0.15) is 0 Å². The first-order valence-corrected chi connectivity index (χ1v) is 13.0. The van der Waals surface area contributed by atoms with Crippen LogP contribution in [0.15, 0.2) is 11.6 Å². The topological polar surface area (TPSA) is 76.0 Å². The molecule has 0 radical (unpaired) electrons. The van der Waals surface area contributed by atoms with Crippen LogP contribution in [0.5, 0.6) is 0 Å². The molecule has 0 aromatic carbocycles. The molecule has 3 saturated carbocycles. The SMILES string of the molecule is CC1CCC2(OC1)OC1CC3C4CC=C5CC(O)C(O)CC5(C)C4CC(=O)C3(C)C1C2C. The number of aliphatic hydroxyl groups excluding tert-OH is 2. The summed E-state index contributed by atoms with van der Waals surface area (Å²) >= 11 is 0. The minimum absolute atomic E-state index is 0.105. The Labute approximate surface area is 191 Å². The number of carbonyl (C=O) groups excluding carboxylic acids is 1. The Morgan fingerprint density at radius 2 is 1.88 bits per heavy atom. The molecule has 6 rings (SSSR count). The van der Waals surface area contributed by atoms with Gasteiger partial charge in [0, 0.05) is 30.1 Å². The maximum absolute atomic E-state index is 14.0. The van der Waals surface area contributed by atoms with Gasteiger partial charge in [-0.15, -0.1) is 0 Å². The zero-order chi connectivity index (χ0) is 22.6. The van der Waals surface area contributed by atoms with E-state index in [1.54, 1.807) is 0 Å². The highest BCUT2D eigenvalue weighted by Gasteiger charge is 2.71. The number of ether oxygens (including phenoxy) is 2. The summed E-state index contributed by atoms with van der Waals surface area (Å²) in [4.78, 5) is 14.0. The van der Waals surface area contributed by atoms with Gasteiger partial charge in [0.15, 0.2) is 5.79 Å². The molecule has 4 aliphatic carbocycles. The van der Waals surface area contributed by atoms with Gasteiger partial charge in [-0.25, -0.2) is 0 Å². The molecule has 0 amide bonds. The summed E-state index contributed by atoms with van der Waals surface area (Å²) in [6.45, 7) is 9.74. The lowest BCUT2D eigenvalue weighted by molar-refractivity contribution is -0.272. The predicted molar refractivity (Wildman–Crippen MR) is 119 cm³/mol. The van der Waals surface area contributed by atoms with Gasteiger partial charge in [-0.1, -0.05) is 39.3 Å². The third-order valence-electron chi connectivity index (χ3n) is 11.3. The summed E-state index contributed by atoms with van der Waals surface area (Å²) in [5.74, 6) is 1.95. The number of hydrogen-bond acceptors (Lipinski definition) is 5. The highest BCUT2D eigenvalue weighted by Crippen LogP contribution is 2.69. The molecule has 0 aromatic rings. The van der Waals surface area contributed by atoms with Crippen molar-refractivity contribution >= 4 is 5.78 Å². The standard InChI is InChI=1S/C27H40O5/c1-14-7-8-27(31-13-14)15(2)24-22(32-27)10-19-17-6-5-16-9-20(28)21(29)12-25(16,3)18(17)11-23(30)26(19,24)4/h5,14-15,17-22,24,28-29H,6-13H2,1-4H3. The van der Waals surface area contributed by atoms with E-state index < -0.39 is 18.0 Å². The molecule has 12 unspecified atom stereocenters. The summed E-state index contributed by atoms with van der Waals surface area (Å²) in [6.07, 6.45) is 6.77. The van der Waals surface area contributed by atoms with Crippen molar-refractivity contribution < 1.29 is 24.5 Å². The lowest BCUT2D eigenvalue weighted by atomic mass is 9.46. The van der Waals surface area contributed by atoms with Gasteiger partial charge in [0.05, 0.1) is 24.9 Å². The predicted octanol–water partition coefficient (Wildman–Crippen LogP) is 3.86. The maximum Gasteiger partial charge on any atom is 0.171 e. The lowest BCUT2D eigenvalue weighted by Crippen LogP contribution is -2.57. The maximum atomic E-state index is 14.0. The average molecular weight is 445 g/mol. The Kier molecular flexibility index (Phi) is 4.69. The van der Waals surface area contributed by atoms with E-state index in [1.807, 2.05) is 0 Å². The Morgan fingerprint density at radius 1 is 1.09 bits per heavy atom. The molecule has 2 heterocycles. The molecule has 1 spiro atoms. The number of Topliss-reactive ketones (excluding diaryl/α,β-unsaturated/α-hetero) is 1. The number of carbonyl (C=O) groups is 1. The molecule has 5 nitrogen and oxygen atoms in total. The van der Waals surface area contributed by atoms with Gasteiger partial charge in [0.2, 0.25) is 0 Å². The van der Waals surface area contributed by atoms with Gasteiger partial charge in [0.25, 0.3) is 0 Å². The summed E-state index contributed by atoms with van der Waals surface area (Å²) in [7, 11) is 0. The van der Waals surface area contributed by atoms with Crippen molar-refractivity contribution in [3.05, 3.63) is 11.6 Å². The molecule has 0 bridgehead atoms.